The minimum atomic E-state index is -0.978. The molecule has 130 valence electrons. The summed E-state index contributed by atoms with van der Waals surface area (Å²) in [6.07, 6.45) is 5.47. The van der Waals surface area contributed by atoms with Gasteiger partial charge in [0.25, 0.3) is 0 Å². The molecule has 0 saturated heterocycles. The minimum Gasteiger partial charge on any atom is -0.497 e. The van der Waals surface area contributed by atoms with Gasteiger partial charge in [0.2, 0.25) is 0 Å². The second kappa shape index (κ2) is 6.83. The maximum absolute atomic E-state index is 10.8. The first-order chi connectivity index (χ1) is 11.5. The second-order valence-corrected chi connectivity index (χ2v) is 6.50. The Labute approximate surface area is 142 Å². The zero-order valence-electron chi connectivity index (χ0n) is 14.5. The molecule has 0 saturated carbocycles. The summed E-state index contributed by atoms with van der Waals surface area (Å²) in [6, 6.07) is 6.04. The standard InChI is InChI=1S/C18H25N3O3/c1-18(22,13-10-20-21(2)11-13)12-19-16-5-4-8-24-17-9-14(23-3)6-7-15(16)17/h6-7,9-11,16,19,22H,4-5,8,12H2,1-3H3/t16-,18+/m1/s1. The number of fused-ring (bicyclic) bond motifs is 1. The van der Waals surface area contributed by atoms with E-state index in [2.05, 4.69) is 10.4 Å². The average molecular weight is 331 g/mol. The van der Waals surface area contributed by atoms with E-state index >= 15 is 0 Å². The Morgan fingerprint density at radius 1 is 1.50 bits per heavy atom. The normalized spacial score (nSPS) is 19.8. The minimum absolute atomic E-state index is 0.136. The largest absolute Gasteiger partial charge is 0.497 e. The van der Waals surface area contributed by atoms with Crippen LogP contribution in [0.15, 0.2) is 30.6 Å². The van der Waals surface area contributed by atoms with Crippen LogP contribution in [-0.4, -0.2) is 35.1 Å². The summed E-state index contributed by atoms with van der Waals surface area (Å²) in [4.78, 5) is 0. The zero-order valence-corrected chi connectivity index (χ0v) is 14.5. The third kappa shape index (κ3) is 3.55. The number of aliphatic hydroxyl groups is 1. The first kappa shape index (κ1) is 16.8. The third-order valence-corrected chi connectivity index (χ3v) is 4.51. The van der Waals surface area contributed by atoms with Crippen molar-refractivity contribution in [3.05, 3.63) is 41.7 Å². The Morgan fingerprint density at radius 3 is 3.04 bits per heavy atom. The molecule has 1 aromatic carbocycles. The number of aromatic nitrogens is 2. The van der Waals surface area contributed by atoms with E-state index < -0.39 is 5.60 Å². The lowest BCUT2D eigenvalue weighted by molar-refractivity contribution is 0.0533. The van der Waals surface area contributed by atoms with E-state index in [1.165, 1.54) is 0 Å². The fourth-order valence-electron chi connectivity index (χ4n) is 3.01. The number of hydrogen-bond donors (Lipinski definition) is 2. The van der Waals surface area contributed by atoms with Crippen LogP contribution >= 0.6 is 0 Å². The van der Waals surface area contributed by atoms with Crippen molar-refractivity contribution in [2.45, 2.75) is 31.4 Å². The van der Waals surface area contributed by atoms with Crippen LogP contribution in [0.4, 0.5) is 0 Å². The lowest BCUT2D eigenvalue weighted by Gasteiger charge is -2.26. The van der Waals surface area contributed by atoms with Crippen molar-refractivity contribution in [2.75, 3.05) is 20.3 Å². The van der Waals surface area contributed by atoms with Gasteiger partial charge >= 0.3 is 0 Å². The summed E-state index contributed by atoms with van der Waals surface area (Å²) < 4.78 is 12.8. The molecule has 24 heavy (non-hydrogen) atoms. The molecule has 6 nitrogen and oxygen atoms in total. The van der Waals surface area contributed by atoms with Gasteiger partial charge in [0.1, 0.15) is 17.1 Å². The summed E-state index contributed by atoms with van der Waals surface area (Å²) in [5.74, 6) is 1.64. The fraction of sp³-hybridized carbons (Fsp3) is 0.500. The highest BCUT2D eigenvalue weighted by Crippen LogP contribution is 2.34. The lowest BCUT2D eigenvalue weighted by Crippen LogP contribution is -2.37. The molecule has 0 aliphatic carbocycles. The van der Waals surface area contributed by atoms with Crippen LogP contribution in [0, 0.1) is 0 Å². The molecule has 0 unspecified atom stereocenters. The van der Waals surface area contributed by atoms with E-state index in [1.807, 2.05) is 31.4 Å². The average Bonchev–Trinajstić information content (AvgIpc) is 2.91. The van der Waals surface area contributed by atoms with Crippen molar-refractivity contribution >= 4 is 0 Å². The predicted octanol–water partition coefficient (Wildman–Crippen LogP) is 2.14. The Balaban J connectivity index is 1.75. The van der Waals surface area contributed by atoms with Gasteiger partial charge in [0, 0.05) is 43.0 Å². The molecule has 0 amide bonds. The Hall–Kier alpha value is -2.05. The van der Waals surface area contributed by atoms with Gasteiger partial charge in [-0.05, 0) is 25.8 Å². The number of rotatable bonds is 5. The van der Waals surface area contributed by atoms with E-state index in [0.29, 0.717) is 13.2 Å². The summed E-state index contributed by atoms with van der Waals surface area (Å²) in [7, 11) is 3.50. The number of aryl methyl sites for hydroxylation is 1. The molecular weight excluding hydrogens is 306 g/mol. The van der Waals surface area contributed by atoms with Gasteiger partial charge in [-0.15, -0.1) is 0 Å². The second-order valence-electron chi connectivity index (χ2n) is 6.50. The maximum Gasteiger partial charge on any atom is 0.127 e. The molecular formula is C18H25N3O3. The molecule has 0 bridgehead atoms. The fourth-order valence-corrected chi connectivity index (χ4v) is 3.01. The smallest absolute Gasteiger partial charge is 0.127 e. The van der Waals surface area contributed by atoms with Gasteiger partial charge in [-0.2, -0.15) is 5.10 Å². The zero-order chi connectivity index (χ0) is 17.2. The highest BCUT2D eigenvalue weighted by molar-refractivity contribution is 5.43. The number of nitrogens with zero attached hydrogens (tertiary/aromatic N) is 2. The Bertz CT molecular complexity index is 697. The van der Waals surface area contributed by atoms with E-state index in [9.17, 15) is 5.11 Å². The number of nitrogens with one attached hydrogen (secondary N) is 1. The third-order valence-electron chi connectivity index (χ3n) is 4.51. The van der Waals surface area contributed by atoms with Crippen molar-refractivity contribution in [3.63, 3.8) is 0 Å². The predicted molar refractivity (Wildman–Crippen MR) is 91.2 cm³/mol. The highest BCUT2D eigenvalue weighted by Gasteiger charge is 2.27. The molecule has 2 N–H and O–H groups in total. The van der Waals surface area contributed by atoms with Gasteiger partial charge in [-0.25, -0.2) is 0 Å². The molecule has 0 fully saturated rings. The monoisotopic (exact) mass is 331 g/mol. The van der Waals surface area contributed by atoms with Crippen LogP contribution in [0.3, 0.4) is 0 Å². The van der Waals surface area contributed by atoms with Gasteiger partial charge < -0.3 is 19.9 Å². The molecule has 1 aliphatic rings. The molecule has 3 rings (SSSR count). The van der Waals surface area contributed by atoms with Gasteiger partial charge in [-0.1, -0.05) is 6.07 Å². The lowest BCUT2D eigenvalue weighted by atomic mass is 9.97. The first-order valence-corrected chi connectivity index (χ1v) is 8.25. The van der Waals surface area contributed by atoms with Crippen LogP contribution in [0.5, 0.6) is 11.5 Å². The van der Waals surface area contributed by atoms with Crippen molar-refractivity contribution in [2.24, 2.45) is 7.05 Å². The summed E-state index contributed by atoms with van der Waals surface area (Å²) in [5.41, 5.74) is 0.932. The van der Waals surface area contributed by atoms with Crippen molar-refractivity contribution in [1.82, 2.24) is 15.1 Å². The van der Waals surface area contributed by atoms with E-state index in [-0.39, 0.29) is 6.04 Å². The molecule has 2 atom stereocenters. The van der Waals surface area contributed by atoms with Crippen molar-refractivity contribution in [1.29, 1.82) is 0 Å². The molecule has 2 heterocycles. The van der Waals surface area contributed by atoms with E-state index in [4.69, 9.17) is 9.47 Å². The topological polar surface area (TPSA) is 68.5 Å². The molecule has 0 radical (unpaired) electrons. The number of hydrogen-bond acceptors (Lipinski definition) is 5. The van der Waals surface area contributed by atoms with Gasteiger partial charge in [0.15, 0.2) is 0 Å². The molecule has 2 aromatic rings. The van der Waals surface area contributed by atoms with E-state index in [1.54, 1.807) is 24.9 Å². The summed E-state index contributed by atoms with van der Waals surface area (Å²) in [6.45, 7) is 2.94. The maximum atomic E-state index is 10.8. The number of ether oxygens (including phenoxy) is 2. The van der Waals surface area contributed by atoms with E-state index in [0.717, 1.165) is 35.5 Å². The Morgan fingerprint density at radius 2 is 2.33 bits per heavy atom. The number of benzene rings is 1. The van der Waals surface area contributed by atoms with Crippen molar-refractivity contribution < 1.29 is 14.6 Å². The molecule has 1 aliphatic heterocycles. The van der Waals surface area contributed by atoms with Crippen molar-refractivity contribution in [3.8, 4) is 11.5 Å². The quantitative estimate of drug-likeness (QED) is 0.878. The summed E-state index contributed by atoms with van der Waals surface area (Å²) in [5, 5.41) is 18.4. The number of methoxy groups -OCH3 is 1. The first-order valence-electron chi connectivity index (χ1n) is 8.25. The summed E-state index contributed by atoms with van der Waals surface area (Å²) >= 11 is 0. The van der Waals surface area contributed by atoms with Crippen LogP contribution in [0.25, 0.3) is 0 Å². The van der Waals surface area contributed by atoms with Crippen LogP contribution < -0.4 is 14.8 Å². The van der Waals surface area contributed by atoms with Crippen LogP contribution in [-0.2, 0) is 12.6 Å². The van der Waals surface area contributed by atoms with Crippen LogP contribution in [0.1, 0.15) is 36.9 Å². The molecule has 1 aromatic heterocycles. The highest BCUT2D eigenvalue weighted by atomic mass is 16.5. The van der Waals surface area contributed by atoms with Gasteiger partial charge in [0.05, 0.1) is 19.9 Å². The van der Waals surface area contributed by atoms with Crippen LogP contribution in [0.2, 0.25) is 0 Å². The Kier molecular flexibility index (Phi) is 4.78. The molecule has 0 spiro atoms. The van der Waals surface area contributed by atoms with Gasteiger partial charge in [-0.3, -0.25) is 4.68 Å². The molecule has 6 heteroatoms. The SMILES string of the molecule is COc1ccc2c(c1)OCCC[C@H]2NC[C@](C)(O)c1cnn(C)c1.